The van der Waals surface area contributed by atoms with Crippen LogP contribution in [0.1, 0.15) is 18.3 Å². The van der Waals surface area contributed by atoms with E-state index in [1.54, 1.807) is 6.92 Å². The Morgan fingerprint density at radius 1 is 1.67 bits per heavy atom. The molecule has 0 aliphatic carbocycles. The quantitative estimate of drug-likeness (QED) is 0.403. The third-order valence-corrected chi connectivity index (χ3v) is 1.70. The second-order valence-electron chi connectivity index (χ2n) is 2.94. The lowest BCUT2D eigenvalue weighted by molar-refractivity contribution is -0.617. The molecule has 6 nitrogen and oxygen atoms in total. The molecule has 1 aromatic heterocycles. The van der Waals surface area contributed by atoms with Crippen molar-refractivity contribution in [3.63, 3.8) is 0 Å². The molecule has 0 unspecified atom stereocenters. The largest absolute Gasteiger partial charge is 0.618 e. The molecule has 0 spiro atoms. The van der Waals surface area contributed by atoms with Gasteiger partial charge < -0.3 is 14.7 Å². The maximum Gasteiger partial charge on any atom is 0.303 e. The van der Waals surface area contributed by atoms with Crippen molar-refractivity contribution in [3.8, 4) is 5.88 Å². The molecule has 0 saturated heterocycles. The third kappa shape index (κ3) is 2.80. The first kappa shape index (κ1) is 11.2. The lowest BCUT2D eigenvalue weighted by Crippen LogP contribution is -2.34. The van der Waals surface area contributed by atoms with Crippen molar-refractivity contribution >= 4 is 5.97 Å². The summed E-state index contributed by atoms with van der Waals surface area (Å²) < 4.78 is 10.2. The Balaban J connectivity index is 2.98. The summed E-state index contributed by atoms with van der Waals surface area (Å²) in [5.41, 5.74) is 0.715. The van der Waals surface area contributed by atoms with E-state index < -0.39 is 5.97 Å². The van der Waals surface area contributed by atoms with Crippen molar-refractivity contribution in [2.75, 3.05) is 7.11 Å². The molecule has 15 heavy (non-hydrogen) atoms. The molecule has 1 rings (SSSR count). The molecular weight excluding hydrogens is 200 g/mol. The van der Waals surface area contributed by atoms with Crippen LogP contribution >= 0.6 is 0 Å². The molecule has 0 aliphatic rings. The predicted octanol–water partition coefficient (Wildman–Crippen LogP) is 0.0951. The fraction of sp³-hybridized carbons (Fsp3) is 0.444. The van der Waals surface area contributed by atoms with E-state index >= 15 is 0 Å². The van der Waals surface area contributed by atoms with Crippen molar-refractivity contribution < 1.29 is 19.0 Å². The van der Waals surface area contributed by atoms with Crippen molar-refractivity contribution in [2.24, 2.45) is 0 Å². The molecule has 0 aromatic carbocycles. The van der Waals surface area contributed by atoms with Gasteiger partial charge in [0.15, 0.2) is 6.61 Å². The second-order valence-corrected chi connectivity index (χ2v) is 2.94. The van der Waals surface area contributed by atoms with Gasteiger partial charge in [-0.15, -0.1) is 0 Å². The minimum absolute atomic E-state index is 0.144. The summed E-state index contributed by atoms with van der Waals surface area (Å²) in [6.07, 6.45) is 1.29. The molecule has 1 heterocycles. The molecule has 0 atom stereocenters. The van der Waals surface area contributed by atoms with Gasteiger partial charge in [-0.05, 0) is 6.92 Å². The van der Waals surface area contributed by atoms with E-state index in [1.807, 2.05) is 0 Å². The number of aryl methyl sites for hydroxylation is 1. The lowest BCUT2D eigenvalue weighted by atomic mass is 10.4. The highest BCUT2D eigenvalue weighted by atomic mass is 16.5. The third-order valence-electron chi connectivity index (χ3n) is 1.70. The Morgan fingerprint density at radius 2 is 2.33 bits per heavy atom. The number of carbonyl (C=O) groups is 1. The van der Waals surface area contributed by atoms with E-state index in [4.69, 9.17) is 9.47 Å². The second kappa shape index (κ2) is 4.59. The number of carbonyl (C=O) groups excluding carboxylic acids is 1. The highest BCUT2D eigenvalue weighted by Gasteiger charge is 2.17. The zero-order valence-corrected chi connectivity index (χ0v) is 8.81. The van der Waals surface area contributed by atoms with Gasteiger partial charge in [-0.3, -0.25) is 4.79 Å². The standard InChI is InChI=1S/C9H12N2O4/c1-6-4-11(13)8(5-15-7(2)12)9(10-6)14-3/h4H,5H2,1-3H3. The van der Waals surface area contributed by atoms with Crippen LogP contribution in [0.3, 0.4) is 0 Å². The fourth-order valence-electron chi connectivity index (χ4n) is 1.05. The van der Waals surface area contributed by atoms with Gasteiger partial charge in [-0.25, -0.2) is 4.98 Å². The molecule has 0 fully saturated rings. The molecule has 0 bridgehead atoms. The molecular formula is C9H12N2O4. The number of esters is 1. The smallest absolute Gasteiger partial charge is 0.303 e. The molecule has 0 saturated carbocycles. The molecule has 0 amide bonds. The molecule has 0 aliphatic heterocycles. The van der Waals surface area contributed by atoms with Crippen LogP contribution in [0, 0.1) is 12.1 Å². The van der Waals surface area contributed by atoms with Crippen LogP contribution in [-0.2, 0) is 16.1 Å². The number of nitrogens with zero attached hydrogens (tertiary/aromatic N) is 2. The maximum absolute atomic E-state index is 11.4. The zero-order valence-electron chi connectivity index (χ0n) is 8.81. The van der Waals surface area contributed by atoms with Crippen molar-refractivity contribution in [1.82, 2.24) is 4.98 Å². The normalized spacial score (nSPS) is 9.80. The average molecular weight is 212 g/mol. The minimum atomic E-state index is -0.461. The molecule has 0 radical (unpaired) electrons. The first-order chi connectivity index (χ1) is 7.04. The topological polar surface area (TPSA) is 75.4 Å². The van der Waals surface area contributed by atoms with Gasteiger partial charge in [0.25, 0.3) is 11.6 Å². The van der Waals surface area contributed by atoms with Crippen molar-refractivity contribution in [1.29, 1.82) is 0 Å². The number of hydrogen-bond donors (Lipinski definition) is 0. The number of ether oxygens (including phenoxy) is 2. The summed E-state index contributed by atoms with van der Waals surface area (Å²) in [6, 6.07) is 0. The first-order valence-corrected chi connectivity index (χ1v) is 4.31. The number of rotatable bonds is 3. The maximum atomic E-state index is 11.4. The van der Waals surface area contributed by atoms with Crippen LogP contribution < -0.4 is 9.47 Å². The predicted molar refractivity (Wildman–Crippen MR) is 50.0 cm³/mol. The Kier molecular flexibility index (Phi) is 3.43. The summed E-state index contributed by atoms with van der Waals surface area (Å²) in [7, 11) is 1.40. The van der Waals surface area contributed by atoms with E-state index in [-0.39, 0.29) is 18.2 Å². The van der Waals surface area contributed by atoms with E-state index in [1.165, 1.54) is 20.2 Å². The summed E-state index contributed by atoms with van der Waals surface area (Å²) in [5, 5.41) is 11.4. The van der Waals surface area contributed by atoms with Gasteiger partial charge in [0.05, 0.1) is 7.11 Å². The summed E-state index contributed by atoms with van der Waals surface area (Å²) >= 11 is 0. The Hall–Kier alpha value is -1.85. The Labute approximate surface area is 87.0 Å². The average Bonchev–Trinajstić information content (AvgIpc) is 2.14. The highest BCUT2D eigenvalue weighted by molar-refractivity contribution is 5.65. The van der Waals surface area contributed by atoms with Crippen molar-refractivity contribution in [2.45, 2.75) is 20.5 Å². The van der Waals surface area contributed by atoms with Gasteiger partial charge in [0.2, 0.25) is 6.20 Å². The van der Waals surface area contributed by atoms with Gasteiger partial charge in [-0.1, -0.05) is 0 Å². The van der Waals surface area contributed by atoms with Crippen LogP contribution in [0.25, 0.3) is 0 Å². The lowest BCUT2D eigenvalue weighted by Gasteiger charge is -2.08. The summed E-state index contributed by atoms with van der Waals surface area (Å²) in [4.78, 5) is 14.6. The highest BCUT2D eigenvalue weighted by Crippen LogP contribution is 2.11. The van der Waals surface area contributed by atoms with Crippen LogP contribution in [0.4, 0.5) is 0 Å². The number of hydrogen-bond acceptors (Lipinski definition) is 5. The van der Waals surface area contributed by atoms with Gasteiger partial charge in [0, 0.05) is 6.92 Å². The van der Waals surface area contributed by atoms with Gasteiger partial charge in [-0.2, -0.15) is 4.73 Å². The number of methoxy groups -OCH3 is 1. The van der Waals surface area contributed by atoms with E-state index in [0.29, 0.717) is 10.4 Å². The van der Waals surface area contributed by atoms with Crippen LogP contribution in [0.5, 0.6) is 5.88 Å². The van der Waals surface area contributed by atoms with Gasteiger partial charge >= 0.3 is 5.97 Å². The molecule has 6 heteroatoms. The molecule has 1 aromatic rings. The van der Waals surface area contributed by atoms with E-state index in [2.05, 4.69) is 4.98 Å². The van der Waals surface area contributed by atoms with E-state index in [9.17, 15) is 10.0 Å². The Morgan fingerprint density at radius 3 is 2.87 bits per heavy atom. The molecule has 0 N–H and O–H groups in total. The van der Waals surface area contributed by atoms with Crippen LogP contribution in [0.2, 0.25) is 0 Å². The van der Waals surface area contributed by atoms with Gasteiger partial charge in [0.1, 0.15) is 5.69 Å². The summed E-state index contributed by atoms with van der Waals surface area (Å²) in [5.74, 6) is -0.288. The summed E-state index contributed by atoms with van der Waals surface area (Å²) in [6.45, 7) is 2.80. The van der Waals surface area contributed by atoms with Crippen LogP contribution in [-0.4, -0.2) is 18.1 Å². The monoisotopic (exact) mass is 212 g/mol. The first-order valence-electron chi connectivity index (χ1n) is 4.31. The SMILES string of the molecule is COc1nc(C)c[n+]([O-])c1COC(C)=O. The zero-order chi connectivity index (χ0) is 11.4. The molecule has 82 valence electrons. The Bertz CT molecular complexity index is 379. The van der Waals surface area contributed by atoms with E-state index in [0.717, 1.165) is 0 Å². The van der Waals surface area contributed by atoms with Crippen LogP contribution in [0.15, 0.2) is 6.20 Å². The minimum Gasteiger partial charge on any atom is -0.618 e. The fourth-order valence-corrected chi connectivity index (χ4v) is 1.05. The van der Waals surface area contributed by atoms with Crippen molar-refractivity contribution in [3.05, 3.63) is 22.8 Å². The number of aromatic nitrogens is 2.